The molecule has 0 N–H and O–H groups in total. The molecule has 0 heterocycles. The van der Waals surface area contributed by atoms with Gasteiger partial charge in [-0.05, 0) is 17.7 Å². The van der Waals surface area contributed by atoms with E-state index in [2.05, 4.69) is 26.0 Å². The lowest BCUT2D eigenvalue weighted by Crippen LogP contribution is -1.82. The molecule has 1 aromatic rings. The third kappa shape index (κ3) is 1.96. The Balaban J connectivity index is 3.38. The van der Waals surface area contributed by atoms with Crippen molar-refractivity contribution in [3.05, 3.63) is 38.4 Å². The van der Waals surface area contributed by atoms with E-state index < -0.39 is 5.82 Å². The summed E-state index contributed by atoms with van der Waals surface area (Å²) in [6.45, 7) is 0. The largest absolute Gasteiger partial charge is 0.206 e. The average molecular weight is 241 g/mol. The van der Waals surface area contributed by atoms with E-state index in [4.69, 9.17) is 10.8 Å². The van der Waals surface area contributed by atoms with Gasteiger partial charge in [-0.25, -0.2) is 4.39 Å². The summed E-state index contributed by atoms with van der Waals surface area (Å²) in [6.07, 6.45) is 0. The first-order valence-electron chi connectivity index (χ1n) is 3.13. The van der Waals surface area contributed by atoms with Crippen molar-refractivity contribution in [2.75, 3.05) is 0 Å². The summed E-state index contributed by atoms with van der Waals surface area (Å²) in [4.78, 5) is 2.51. The molecule has 0 aromatic heterocycles. The van der Waals surface area contributed by atoms with Crippen LogP contribution in [0.1, 0.15) is 5.56 Å². The number of benzene rings is 1. The summed E-state index contributed by atoms with van der Waals surface area (Å²) in [5.41, 5.74) is 8.14. The molecule has 13 heavy (non-hydrogen) atoms. The topological polar surface area (TPSA) is 72.5 Å². The Bertz CT molecular complexity index is 431. The molecule has 0 saturated heterocycles. The standard InChI is InChI=1S/C7H2BrFN4/c8-5-1-4(3-10)6(9)2-7(5)12-13-11/h1-2H. The van der Waals surface area contributed by atoms with Crippen LogP contribution in [0.15, 0.2) is 21.7 Å². The van der Waals surface area contributed by atoms with E-state index in [0.717, 1.165) is 6.07 Å². The van der Waals surface area contributed by atoms with Crippen molar-refractivity contribution in [1.82, 2.24) is 0 Å². The maximum absolute atomic E-state index is 12.9. The highest BCUT2D eigenvalue weighted by atomic mass is 79.9. The molecule has 6 heteroatoms. The minimum absolute atomic E-state index is 0.0937. The Kier molecular flexibility index (Phi) is 2.85. The number of azide groups is 1. The third-order valence-electron chi connectivity index (χ3n) is 1.31. The fraction of sp³-hybridized carbons (Fsp3) is 0. The van der Waals surface area contributed by atoms with E-state index in [-0.39, 0.29) is 11.3 Å². The van der Waals surface area contributed by atoms with Gasteiger partial charge < -0.3 is 0 Å². The fourth-order valence-electron chi connectivity index (χ4n) is 0.747. The SMILES string of the molecule is N#Cc1cc(Br)c(N=[N+]=[N-])cc1F. The molecular weight excluding hydrogens is 239 g/mol. The van der Waals surface area contributed by atoms with E-state index in [1.165, 1.54) is 6.07 Å². The predicted molar refractivity (Wildman–Crippen MR) is 47.6 cm³/mol. The molecule has 1 rings (SSSR count). The van der Waals surface area contributed by atoms with Gasteiger partial charge in [-0.2, -0.15) is 5.26 Å². The maximum atomic E-state index is 12.9. The minimum atomic E-state index is -0.701. The Morgan fingerprint density at radius 2 is 2.31 bits per heavy atom. The van der Waals surface area contributed by atoms with Gasteiger partial charge in [-0.15, -0.1) is 0 Å². The first kappa shape index (κ1) is 9.52. The summed E-state index contributed by atoms with van der Waals surface area (Å²) in [6, 6.07) is 3.93. The Morgan fingerprint density at radius 1 is 1.62 bits per heavy atom. The summed E-state index contributed by atoms with van der Waals surface area (Å²) >= 11 is 3.04. The van der Waals surface area contributed by atoms with Crippen LogP contribution in [0, 0.1) is 17.1 Å². The number of hydrogen-bond acceptors (Lipinski definition) is 2. The second-order valence-corrected chi connectivity index (χ2v) is 2.94. The predicted octanol–water partition coefficient (Wildman–Crippen LogP) is 3.40. The van der Waals surface area contributed by atoms with Crippen molar-refractivity contribution in [3.8, 4) is 6.07 Å². The van der Waals surface area contributed by atoms with Crippen LogP contribution >= 0.6 is 15.9 Å². The molecular formula is C7H2BrFN4. The van der Waals surface area contributed by atoms with E-state index in [1.54, 1.807) is 6.07 Å². The zero-order valence-corrected chi connectivity index (χ0v) is 7.79. The van der Waals surface area contributed by atoms with Crippen LogP contribution < -0.4 is 0 Å². The van der Waals surface area contributed by atoms with Gasteiger partial charge in [-0.3, -0.25) is 0 Å². The van der Waals surface area contributed by atoms with Crippen molar-refractivity contribution >= 4 is 21.6 Å². The van der Waals surface area contributed by atoms with Crippen LogP contribution in [0.4, 0.5) is 10.1 Å². The number of nitriles is 1. The number of rotatable bonds is 1. The van der Waals surface area contributed by atoms with E-state index in [1.807, 2.05) is 0 Å². The zero-order chi connectivity index (χ0) is 9.84. The first-order valence-corrected chi connectivity index (χ1v) is 3.92. The Labute approximate surface area is 81.4 Å². The Hall–Kier alpha value is -1.57. The van der Waals surface area contributed by atoms with E-state index >= 15 is 0 Å². The van der Waals surface area contributed by atoms with Crippen LogP contribution in [0.25, 0.3) is 10.4 Å². The summed E-state index contributed by atoms with van der Waals surface area (Å²) in [7, 11) is 0. The van der Waals surface area contributed by atoms with Crippen molar-refractivity contribution in [3.63, 3.8) is 0 Å². The summed E-state index contributed by atoms with van der Waals surface area (Å²) < 4.78 is 13.3. The summed E-state index contributed by atoms with van der Waals surface area (Å²) in [5, 5.41) is 11.7. The van der Waals surface area contributed by atoms with Crippen LogP contribution in [0.2, 0.25) is 0 Å². The van der Waals surface area contributed by atoms with Gasteiger partial charge in [0.2, 0.25) is 0 Å². The molecule has 0 amide bonds. The monoisotopic (exact) mass is 240 g/mol. The van der Waals surface area contributed by atoms with Crippen LogP contribution in [-0.4, -0.2) is 0 Å². The quantitative estimate of drug-likeness (QED) is 0.421. The second kappa shape index (κ2) is 3.90. The van der Waals surface area contributed by atoms with Crippen LogP contribution in [-0.2, 0) is 0 Å². The smallest absolute Gasteiger partial charge is 0.141 e. The van der Waals surface area contributed by atoms with Crippen molar-refractivity contribution in [2.45, 2.75) is 0 Å². The highest BCUT2D eigenvalue weighted by Gasteiger charge is 2.05. The molecule has 0 atom stereocenters. The molecule has 0 spiro atoms. The lowest BCUT2D eigenvalue weighted by atomic mass is 10.2. The van der Waals surface area contributed by atoms with Gasteiger partial charge in [-0.1, -0.05) is 21.0 Å². The highest BCUT2D eigenvalue weighted by molar-refractivity contribution is 9.10. The molecule has 0 unspecified atom stereocenters. The van der Waals surface area contributed by atoms with Crippen molar-refractivity contribution in [1.29, 1.82) is 5.26 Å². The molecule has 0 saturated carbocycles. The number of hydrogen-bond donors (Lipinski definition) is 0. The summed E-state index contributed by atoms with van der Waals surface area (Å²) in [5.74, 6) is -0.701. The van der Waals surface area contributed by atoms with Crippen molar-refractivity contribution in [2.24, 2.45) is 5.11 Å². The van der Waals surface area contributed by atoms with Gasteiger partial charge in [0.05, 0.1) is 11.3 Å². The van der Waals surface area contributed by atoms with Crippen molar-refractivity contribution < 1.29 is 4.39 Å². The molecule has 0 aliphatic heterocycles. The third-order valence-corrected chi connectivity index (χ3v) is 1.94. The van der Waals surface area contributed by atoms with Gasteiger partial charge >= 0.3 is 0 Å². The van der Waals surface area contributed by atoms with Crippen LogP contribution in [0.3, 0.4) is 0 Å². The van der Waals surface area contributed by atoms with Gasteiger partial charge in [0.25, 0.3) is 0 Å². The lowest BCUT2D eigenvalue weighted by Gasteiger charge is -1.98. The van der Waals surface area contributed by atoms with E-state index in [9.17, 15) is 4.39 Å². The number of halogens is 2. The molecule has 0 radical (unpaired) electrons. The maximum Gasteiger partial charge on any atom is 0.141 e. The molecule has 0 fully saturated rings. The lowest BCUT2D eigenvalue weighted by molar-refractivity contribution is 0.624. The van der Waals surface area contributed by atoms with Gasteiger partial charge in [0, 0.05) is 9.38 Å². The van der Waals surface area contributed by atoms with Gasteiger partial charge in [0.15, 0.2) is 0 Å². The van der Waals surface area contributed by atoms with Crippen LogP contribution in [0.5, 0.6) is 0 Å². The fourth-order valence-corrected chi connectivity index (χ4v) is 1.17. The van der Waals surface area contributed by atoms with Gasteiger partial charge in [0.1, 0.15) is 11.9 Å². The average Bonchev–Trinajstić information content (AvgIpc) is 2.11. The first-order chi connectivity index (χ1) is 6.19. The molecule has 0 bridgehead atoms. The highest BCUT2D eigenvalue weighted by Crippen LogP contribution is 2.28. The molecule has 64 valence electrons. The van der Waals surface area contributed by atoms with E-state index in [0.29, 0.717) is 4.47 Å². The second-order valence-electron chi connectivity index (χ2n) is 2.08. The molecule has 1 aromatic carbocycles. The molecule has 0 aliphatic carbocycles. The Morgan fingerprint density at radius 3 is 2.85 bits per heavy atom. The molecule has 0 aliphatic rings. The normalized spacial score (nSPS) is 8.69. The number of nitrogens with zero attached hydrogens (tertiary/aromatic N) is 4. The minimum Gasteiger partial charge on any atom is -0.206 e. The zero-order valence-electron chi connectivity index (χ0n) is 6.20. The molecule has 4 nitrogen and oxygen atoms in total.